The minimum atomic E-state index is -1.05. The summed E-state index contributed by atoms with van der Waals surface area (Å²) in [6.07, 6.45) is 3.81. The van der Waals surface area contributed by atoms with Crippen LogP contribution in [0.5, 0.6) is 0 Å². The summed E-state index contributed by atoms with van der Waals surface area (Å²) in [6, 6.07) is -0.899. The van der Waals surface area contributed by atoms with Crippen molar-refractivity contribution >= 4 is 34.6 Å². The molecule has 29 heavy (non-hydrogen) atoms. The minimum Gasteiger partial charge on any atom is -0.496 e. The number of aryl methyl sites for hydroxylation is 1. The molecule has 2 heterocycles. The summed E-state index contributed by atoms with van der Waals surface area (Å²) in [6.45, 7) is 3.55. The van der Waals surface area contributed by atoms with Crippen LogP contribution in [-0.2, 0) is 23.9 Å². The van der Waals surface area contributed by atoms with Crippen LogP contribution in [0.25, 0.3) is 5.57 Å². The molecule has 1 fully saturated rings. The fourth-order valence-electron chi connectivity index (χ4n) is 3.76. The van der Waals surface area contributed by atoms with Gasteiger partial charge in [0.1, 0.15) is 18.8 Å². The first-order chi connectivity index (χ1) is 13.9. The molecule has 1 aromatic rings. The van der Waals surface area contributed by atoms with E-state index < -0.39 is 17.9 Å². The summed E-state index contributed by atoms with van der Waals surface area (Å²) in [7, 11) is 0. The van der Waals surface area contributed by atoms with Crippen molar-refractivity contribution < 1.29 is 29.0 Å². The first-order valence-corrected chi connectivity index (χ1v) is 10.7. The number of hydrogen-bond donors (Lipinski definition) is 2. The van der Waals surface area contributed by atoms with E-state index in [0.717, 1.165) is 5.01 Å². The number of carbonyl (C=O) groups excluding carboxylic acids is 2. The van der Waals surface area contributed by atoms with Crippen molar-refractivity contribution in [1.29, 1.82) is 0 Å². The van der Waals surface area contributed by atoms with Gasteiger partial charge in [0.2, 0.25) is 5.91 Å². The minimum absolute atomic E-state index is 0.0478. The molecule has 2 N–H and O–H groups in total. The normalized spacial score (nSPS) is 24.8. The summed E-state index contributed by atoms with van der Waals surface area (Å²) in [4.78, 5) is 40.4. The van der Waals surface area contributed by atoms with E-state index in [2.05, 4.69) is 10.3 Å². The van der Waals surface area contributed by atoms with Crippen molar-refractivity contribution in [2.75, 3.05) is 6.61 Å². The number of nitrogens with one attached hydrogen (secondary N) is 1. The number of aliphatic carboxylic acids is 1. The van der Waals surface area contributed by atoms with Gasteiger partial charge in [-0.1, -0.05) is 13.3 Å². The van der Waals surface area contributed by atoms with Crippen molar-refractivity contribution in [3.05, 3.63) is 22.3 Å². The molecule has 3 rings (SSSR count). The van der Waals surface area contributed by atoms with Crippen LogP contribution >= 0.6 is 11.3 Å². The van der Waals surface area contributed by atoms with Crippen LogP contribution < -0.4 is 5.32 Å². The van der Waals surface area contributed by atoms with Gasteiger partial charge in [-0.3, -0.25) is 9.59 Å². The molecule has 1 aliphatic carbocycles. The fraction of sp³-hybridized carbons (Fsp3) is 0.600. The second kappa shape index (κ2) is 9.49. The number of ether oxygens (including phenoxy) is 2. The first-order valence-electron chi connectivity index (χ1n) is 9.85. The lowest BCUT2D eigenvalue weighted by atomic mass is 9.78. The average Bonchev–Trinajstić information content (AvgIpc) is 3.12. The number of nitrogens with zero attached hydrogens (tertiary/aromatic N) is 1. The molecular formula is C20H26N2O6S. The Kier molecular flexibility index (Phi) is 7.02. The summed E-state index contributed by atoms with van der Waals surface area (Å²) < 4.78 is 11.5. The molecule has 0 spiro atoms. The van der Waals surface area contributed by atoms with Crippen molar-refractivity contribution in [2.24, 2.45) is 5.92 Å². The molecule has 4 atom stereocenters. The number of rotatable bonds is 8. The van der Waals surface area contributed by atoms with Gasteiger partial charge < -0.3 is 19.9 Å². The van der Waals surface area contributed by atoms with Gasteiger partial charge in [0.15, 0.2) is 5.78 Å². The van der Waals surface area contributed by atoms with Crippen LogP contribution in [0, 0.1) is 12.8 Å². The molecule has 0 radical (unpaired) electrons. The van der Waals surface area contributed by atoms with Crippen LogP contribution in [0.3, 0.4) is 0 Å². The topological polar surface area (TPSA) is 115 Å². The molecular weight excluding hydrogens is 396 g/mol. The zero-order valence-electron chi connectivity index (χ0n) is 16.6. The number of carboxylic acid groups (broad SMARTS) is 1. The molecule has 0 aromatic carbocycles. The van der Waals surface area contributed by atoms with Gasteiger partial charge in [0.25, 0.3) is 0 Å². The van der Waals surface area contributed by atoms with Crippen LogP contribution in [0.15, 0.2) is 11.6 Å². The van der Waals surface area contributed by atoms with Gasteiger partial charge >= 0.3 is 5.97 Å². The zero-order valence-corrected chi connectivity index (χ0v) is 17.4. The Labute approximate surface area is 173 Å². The van der Waals surface area contributed by atoms with Gasteiger partial charge in [-0.15, -0.1) is 11.3 Å². The number of fused-ring (bicyclic) bond motifs is 1. The zero-order chi connectivity index (χ0) is 21.0. The van der Waals surface area contributed by atoms with E-state index in [-0.39, 0.29) is 30.5 Å². The van der Waals surface area contributed by atoms with Gasteiger partial charge in [-0.25, -0.2) is 9.78 Å². The third-order valence-corrected chi connectivity index (χ3v) is 6.04. The number of carboxylic acids is 1. The Balaban J connectivity index is 1.51. The number of allylic oxidation sites excluding steroid dienone is 1. The van der Waals surface area contributed by atoms with Crippen LogP contribution in [-0.4, -0.2) is 52.6 Å². The molecule has 158 valence electrons. The average molecular weight is 423 g/mol. The summed E-state index contributed by atoms with van der Waals surface area (Å²) in [5, 5.41) is 14.4. The lowest BCUT2D eigenvalue weighted by Crippen LogP contribution is -2.44. The number of hydrogen-bond acceptors (Lipinski definition) is 7. The Morgan fingerprint density at radius 3 is 2.90 bits per heavy atom. The summed E-state index contributed by atoms with van der Waals surface area (Å²) in [5.41, 5.74) is 1.18. The monoisotopic (exact) mass is 422 g/mol. The van der Waals surface area contributed by atoms with E-state index in [4.69, 9.17) is 14.6 Å². The first kappa shape index (κ1) is 21.4. The van der Waals surface area contributed by atoms with E-state index in [9.17, 15) is 14.4 Å². The maximum absolute atomic E-state index is 12.8. The third kappa shape index (κ3) is 5.22. The lowest BCUT2D eigenvalue weighted by Gasteiger charge is -2.37. The predicted molar refractivity (Wildman–Crippen MR) is 106 cm³/mol. The van der Waals surface area contributed by atoms with Crippen LogP contribution in [0.2, 0.25) is 0 Å². The second-order valence-electron chi connectivity index (χ2n) is 7.42. The predicted octanol–water partition coefficient (Wildman–Crippen LogP) is 2.32. The van der Waals surface area contributed by atoms with Crippen molar-refractivity contribution in [2.45, 2.75) is 64.2 Å². The lowest BCUT2D eigenvalue weighted by molar-refractivity contribution is -0.143. The quantitative estimate of drug-likeness (QED) is 0.661. The van der Waals surface area contributed by atoms with E-state index in [1.165, 1.54) is 17.6 Å². The highest BCUT2D eigenvalue weighted by Gasteiger charge is 2.41. The number of aromatic nitrogens is 1. The molecule has 9 heteroatoms. The number of ketones is 1. The third-order valence-electron chi connectivity index (χ3n) is 5.26. The number of amides is 1. The maximum Gasteiger partial charge on any atom is 0.326 e. The highest BCUT2D eigenvalue weighted by Crippen LogP contribution is 2.37. The second-order valence-corrected chi connectivity index (χ2v) is 8.48. The number of thiazole rings is 1. The fourth-order valence-corrected chi connectivity index (χ4v) is 4.37. The van der Waals surface area contributed by atoms with Crippen LogP contribution in [0.4, 0.5) is 0 Å². The molecule has 2 aliphatic rings. The standard InChI is InChI=1S/C20H26N2O6S/c1-3-4-15(20(25)26)22-18(23)9-27-12-5-6-13-17(7-12)28-8-14(19(13)24)16-10-29-11(2)21-16/h8,10,12-13,15,17H,3-7,9H2,1-2H3,(H,22,23)(H,25,26). The number of carbonyl (C=O) groups is 3. The summed E-state index contributed by atoms with van der Waals surface area (Å²) >= 11 is 1.49. The van der Waals surface area contributed by atoms with E-state index in [0.29, 0.717) is 43.4 Å². The van der Waals surface area contributed by atoms with E-state index >= 15 is 0 Å². The molecule has 1 saturated carbocycles. The maximum atomic E-state index is 12.8. The van der Waals surface area contributed by atoms with Gasteiger partial charge in [-0.05, 0) is 26.2 Å². The number of Topliss-reactive ketones (excluding diaryl/α,β-unsaturated/α-hetero) is 1. The largest absolute Gasteiger partial charge is 0.496 e. The Bertz CT molecular complexity index is 805. The Morgan fingerprint density at radius 2 is 2.24 bits per heavy atom. The van der Waals surface area contributed by atoms with Crippen LogP contribution in [0.1, 0.15) is 49.7 Å². The smallest absolute Gasteiger partial charge is 0.326 e. The van der Waals surface area contributed by atoms with Gasteiger partial charge in [0, 0.05) is 11.8 Å². The Hall–Kier alpha value is -2.26. The highest BCUT2D eigenvalue weighted by atomic mass is 32.1. The molecule has 4 unspecified atom stereocenters. The molecule has 0 bridgehead atoms. The SMILES string of the molecule is CCCC(NC(=O)COC1CCC2C(=O)C(c3csc(C)n3)=COC2C1)C(=O)O. The van der Waals surface area contributed by atoms with E-state index in [1.807, 2.05) is 19.2 Å². The van der Waals surface area contributed by atoms with Crippen molar-refractivity contribution in [3.8, 4) is 0 Å². The molecule has 1 aliphatic heterocycles. The molecule has 1 aromatic heterocycles. The molecule has 1 amide bonds. The van der Waals surface area contributed by atoms with Crippen molar-refractivity contribution in [3.63, 3.8) is 0 Å². The molecule has 8 nitrogen and oxygen atoms in total. The van der Waals surface area contributed by atoms with Gasteiger partial charge in [0.05, 0.1) is 34.6 Å². The van der Waals surface area contributed by atoms with Crippen molar-refractivity contribution in [1.82, 2.24) is 10.3 Å². The summed E-state index contributed by atoms with van der Waals surface area (Å²) in [5.74, 6) is -1.68. The van der Waals surface area contributed by atoms with E-state index in [1.54, 1.807) is 0 Å². The molecule has 0 saturated heterocycles. The Morgan fingerprint density at radius 1 is 1.45 bits per heavy atom. The highest BCUT2D eigenvalue weighted by molar-refractivity contribution is 7.09. The van der Waals surface area contributed by atoms with Gasteiger partial charge in [-0.2, -0.15) is 0 Å².